The van der Waals surface area contributed by atoms with Crippen LogP contribution in [0.5, 0.6) is 0 Å². The SMILES string of the molecule is CCCNc1cc(Cn2ccc(=O)cc2)ccn1. The molecule has 2 heterocycles. The van der Waals surface area contributed by atoms with Gasteiger partial charge in [0.05, 0.1) is 0 Å². The molecule has 18 heavy (non-hydrogen) atoms. The third-order valence-electron chi connectivity index (χ3n) is 2.61. The molecule has 4 nitrogen and oxygen atoms in total. The monoisotopic (exact) mass is 243 g/mol. The summed E-state index contributed by atoms with van der Waals surface area (Å²) in [5.74, 6) is 0.899. The normalized spacial score (nSPS) is 10.3. The molecule has 2 aromatic rings. The van der Waals surface area contributed by atoms with E-state index in [9.17, 15) is 4.79 Å². The summed E-state index contributed by atoms with van der Waals surface area (Å²) in [5, 5.41) is 3.26. The molecule has 0 aliphatic carbocycles. The van der Waals surface area contributed by atoms with Gasteiger partial charge in [-0.2, -0.15) is 0 Å². The van der Waals surface area contributed by atoms with Gasteiger partial charge in [-0.1, -0.05) is 6.92 Å². The van der Waals surface area contributed by atoms with Gasteiger partial charge in [0.1, 0.15) is 5.82 Å². The second-order valence-corrected chi connectivity index (χ2v) is 4.18. The van der Waals surface area contributed by atoms with Gasteiger partial charge in [-0.05, 0) is 24.1 Å². The largest absolute Gasteiger partial charge is 0.370 e. The molecule has 0 aliphatic rings. The van der Waals surface area contributed by atoms with Gasteiger partial charge in [-0.25, -0.2) is 4.98 Å². The van der Waals surface area contributed by atoms with E-state index in [-0.39, 0.29) is 5.43 Å². The van der Waals surface area contributed by atoms with E-state index in [1.54, 1.807) is 30.7 Å². The van der Waals surface area contributed by atoms with Crippen molar-refractivity contribution in [1.82, 2.24) is 9.55 Å². The quantitative estimate of drug-likeness (QED) is 0.875. The summed E-state index contributed by atoms with van der Waals surface area (Å²) >= 11 is 0. The van der Waals surface area contributed by atoms with Crippen LogP contribution in [-0.4, -0.2) is 16.1 Å². The smallest absolute Gasteiger partial charge is 0.181 e. The fourth-order valence-electron chi connectivity index (χ4n) is 1.68. The summed E-state index contributed by atoms with van der Waals surface area (Å²) in [6.45, 7) is 3.79. The Balaban J connectivity index is 2.09. The topological polar surface area (TPSA) is 46.9 Å². The summed E-state index contributed by atoms with van der Waals surface area (Å²) in [6.07, 6.45) is 6.46. The third kappa shape index (κ3) is 3.45. The molecule has 94 valence electrons. The first-order valence-corrected chi connectivity index (χ1v) is 6.13. The van der Waals surface area contributed by atoms with Crippen LogP contribution in [0.2, 0.25) is 0 Å². The summed E-state index contributed by atoms with van der Waals surface area (Å²) in [6, 6.07) is 7.15. The van der Waals surface area contributed by atoms with Crippen LogP contribution in [0.3, 0.4) is 0 Å². The van der Waals surface area contributed by atoms with Crippen molar-refractivity contribution in [2.24, 2.45) is 0 Å². The second-order valence-electron chi connectivity index (χ2n) is 4.18. The number of pyridine rings is 2. The number of nitrogens with zero attached hydrogens (tertiary/aromatic N) is 2. The minimum Gasteiger partial charge on any atom is -0.370 e. The molecule has 0 fully saturated rings. The molecule has 0 saturated carbocycles. The minimum absolute atomic E-state index is 0.0336. The third-order valence-corrected chi connectivity index (χ3v) is 2.61. The first-order chi connectivity index (χ1) is 8.78. The average molecular weight is 243 g/mol. The van der Waals surface area contributed by atoms with Gasteiger partial charge in [0.15, 0.2) is 5.43 Å². The predicted molar refractivity (Wildman–Crippen MR) is 72.8 cm³/mol. The number of anilines is 1. The summed E-state index contributed by atoms with van der Waals surface area (Å²) in [7, 11) is 0. The van der Waals surface area contributed by atoms with Crippen molar-refractivity contribution >= 4 is 5.82 Å². The van der Waals surface area contributed by atoms with E-state index in [0.29, 0.717) is 0 Å². The highest BCUT2D eigenvalue weighted by Crippen LogP contribution is 2.08. The summed E-state index contributed by atoms with van der Waals surface area (Å²) < 4.78 is 1.97. The lowest BCUT2D eigenvalue weighted by Gasteiger charge is -2.08. The lowest BCUT2D eigenvalue weighted by molar-refractivity contribution is 0.787. The molecule has 2 aromatic heterocycles. The molecule has 0 unspecified atom stereocenters. The van der Waals surface area contributed by atoms with Gasteiger partial charge in [-0.15, -0.1) is 0 Å². The molecule has 0 amide bonds. The molecule has 0 spiro atoms. The number of rotatable bonds is 5. The number of nitrogens with one attached hydrogen (secondary N) is 1. The van der Waals surface area contributed by atoms with E-state index in [1.165, 1.54) is 0 Å². The van der Waals surface area contributed by atoms with Gasteiger partial charge in [0.2, 0.25) is 0 Å². The molecular formula is C14H17N3O. The molecule has 0 atom stereocenters. The van der Waals surface area contributed by atoms with E-state index in [2.05, 4.69) is 17.2 Å². The molecular weight excluding hydrogens is 226 g/mol. The van der Waals surface area contributed by atoms with E-state index in [4.69, 9.17) is 0 Å². The second kappa shape index (κ2) is 6.00. The highest BCUT2D eigenvalue weighted by atomic mass is 16.1. The number of hydrogen-bond donors (Lipinski definition) is 1. The first kappa shape index (κ1) is 12.4. The van der Waals surface area contributed by atoms with Crippen molar-refractivity contribution in [3.63, 3.8) is 0 Å². The van der Waals surface area contributed by atoms with Crippen molar-refractivity contribution in [2.45, 2.75) is 19.9 Å². The van der Waals surface area contributed by atoms with Crippen LogP contribution in [0.1, 0.15) is 18.9 Å². The molecule has 0 radical (unpaired) electrons. The number of aromatic nitrogens is 2. The fraction of sp³-hybridized carbons (Fsp3) is 0.286. The average Bonchev–Trinajstić information content (AvgIpc) is 2.40. The van der Waals surface area contributed by atoms with Gasteiger partial charge in [0, 0.05) is 43.8 Å². The van der Waals surface area contributed by atoms with Crippen LogP contribution in [0.4, 0.5) is 5.82 Å². The Bertz CT molecular complexity index is 542. The van der Waals surface area contributed by atoms with Crippen LogP contribution in [-0.2, 0) is 6.54 Å². The van der Waals surface area contributed by atoms with Gasteiger partial charge >= 0.3 is 0 Å². The predicted octanol–water partition coefficient (Wildman–Crippen LogP) is 2.11. The van der Waals surface area contributed by atoms with Crippen LogP contribution >= 0.6 is 0 Å². The molecule has 0 aliphatic heterocycles. The summed E-state index contributed by atoms with van der Waals surface area (Å²) in [4.78, 5) is 15.3. The maximum Gasteiger partial charge on any atom is 0.181 e. The molecule has 0 saturated heterocycles. The Morgan fingerprint density at radius 1 is 1.28 bits per heavy atom. The maximum absolute atomic E-state index is 11.0. The zero-order valence-electron chi connectivity index (χ0n) is 10.5. The van der Waals surface area contributed by atoms with Gasteiger partial charge in [-0.3, -0.25) is 4.79 Å². The van der Waals surface area contributed by atoms with Crippen LogP contribution in [0, 0.1) is 0 Å². The zero-order chi connectivity index (χ0) is 12.8. The van der Waals surface area contributed by atoms with Crippen molar-refractivity contribution in [2.75, 3.05) is 11.9 Å². The van der Waals surface area contributed by atoms with E-state index in [0.717, 1.165) is 30.9 Å². The van der Waals surface area contributed by atoms with Gasteiger partial charge in [0.25, 0.3) is 0 Å². The molecule has 0 aromatic carbocycles. The minimum atomic E-state index is 0.0336. The fourth-order valence-corrected chi connectivity index (χ4v) is 1.68. The lowest BCUT2D eigenvalue weighted by atomic mass is 10.2. The van der Waals surface area contributed by atoms with Crippen molar-refractivity contribution in [3.8, 4) is 0 Å². The Morgan fingerprint density at radius 2 is 2.06 bits per heavy atom. The Kier molecular flexibility index (Phi) is 4.12. The van der Waals surface area contributed by atoms with Crippen LogP contribution in [0.25, 0.3) is 0 Å². The molecule has 1 N–H and O–H groups in total. The number of hydrogen-bond acceptors (Lipinski definition) is 3. The lowest BCUT2D eigenvalue weighted by Crippen LogP contribution is -2.06. The Labute approximate surface area is 106 Å². The van der Waals surface area contributed by atoms with Crippen molar-refractivity contribution < 1.29 is 0 Å². The molecule has 0 bridgehead atoms. The standard InChI is InChI=1S/C14H17N3O/c1-2-6-15-14-10-12(3-7-16-14)11-17-8-4-13(18)5-9-17/h3-5,7-10H,2,6,11H2,1H3,(H,15,16). The Hall–Kier alpha value is -2.10. The van der Waals surface area contributed by atoms with Crippen molar-refractivity contribution in [3.05, 3.63) is 58.6 Å². The van der Waals surface area contributed by atoms with Crippen molar-refractivity contribution in [1.29, 1.82) is 0 Å². The summed E-state index contributed by atoms with van der Waals surface area (Å²) in [5.41, 5.74) is 1.19. The van der Waals surface area contributed by atoms with E-state index in [1.807, 2.05) is 16.7 Å². The highest BCUT2D eigenvalue weighted by Gasteiger charge is 1.97. The van der Waals surface area contributed by atoms with E-state index >= 15 is 0 Å². The molecule has 4 heteroatoms. The highest BCUT2D eigenvalue weighted by molar-refractivity contribution is 5.37. The van der Waals surface area contributed by atoms with E-state index < -0.39 is 0 Å². The zero-order valence-corrected chi connectivity index (χ0v) is 10.5. The van der Waals surface area contributed by atoms with Gasteiger partial charge < -0.3 is 9.88 Å². The molecule has 2 rings (SSSR count). The van der Waals surface area contributed by atoms with Crippen LogP contribution < -0.4 is 10.7 Å². The Morgan fingerprint density at radius 3 is 2.78 bits per heavy atom. The first-order valence-electron chi connectivity index (χ1n) is 6.13. The maximum atomic E-state index is 11.0. The van der Waals surface area contributed by atoms with Crippen LogP contribution in [0.15, 0.2) is 47.7 Å².